The molecule has 3 nitrogen and oxygen atoms in total. The number of aliphatic hydroxyl groups is 1. The smallest absolute Gasteiger partial charge is 0.0865 e. The molecule has 0 saturated carbocycles. The van der Waals surface area contributed by atoms with Gasteiger partial charge in [0.15, 0.2) is 0 Å². The summed E-state index contributed by atoms with van der Waals surface area (Å²) >= 11 is 0. The van der Waals surface area contributed by atoms with E-state index in [4.69, 9.17) is 10.4 Å². The third-order valence-corrected chi connectivity index (χ3v) is 1.60. The summed E-state index contributed by atoms with van der Waals surface area (Å²) in [6, 6.07) is 2.09. The number of rotatable bonds is 5. The molecule has 3 heteroatoms. The average molecular weight is 156 g/mol. The zero-order valence-corrected chi connectivity index (χ0v) is 7.25. The van der Waals surface area contributed by atoms with Crippen LogP contribution >= 0.6 is 0 Å². The van der Waals surface area contributed by atoms with Gasteiger partial charge < -0.3 is 5.11 Å². The predicted octanol–water partition coefficient (Wildman–Crippen LogP) is 0.603. The molecule has 0 aliphatic carbocycles. The summed E-state index contributed by atoms with van der Waals surface area (Å²) < 4.78 is 0. The predicted molar refractivity (Wildman–Crippen MR) is 44.0 cm³/mol. The Hall–Kier alpha value is -0.590. The lowest BCUT2D eigenvalue weighted by Crippen LogP contribution is -2.26. The Balaban J connectivity index is 3.45. The molecule has 0 aliphatic heterocycles. The Kier molecular flexibility index (Phi) is 5.81. The first-order chi connectivity index (χ1) is 5.20. The first-order valence-corrected chi connectivity index (χ1v) is 3.98. The van der Waals surface area contributed by atoms with Gasteiger partial charge in [-0.25, -0.2) is 0 Å². The van der Waals surface area contributed by atoms with Gasteiger partial charge in [-0.15, -0.1) is 0 Å². The number of nitriles is 1. The maximum atomic E-state index is 8.96. The molecule has 11 heavy (non-hydrogen) atoms. The molecule has 0 amide bonds. The van der Waals surface area contributed by atoms with Gasteiger partial charge in [0, 0.05) is 6.54 Å². The van der Waals surface area contributed by atoms with Crippen molar-refractivity contribution in [2.24, 2.45) is 0 Å². The zero-order valence-electron chi connectivity index (χ0n) is 7.25. The molecular formula is C8H16N2O. The van der Waals surface area contributed by atoms with Gasteiger partial charge in [0.2, 0.25) is 0 Å². The van der Waals surface area contributed by atoms with Crippen molar-refractivity contribution in [2.45, 2.75) is 26.4 Å². The molecule has 64 valence electrons. The van der Waals surface area contributed by atoms with E-state index in [1.165, 1.54) is 0 Å². The van der Waals surface area contributed by atoms with E-state index in [-0.39, 0.29) is 6.10 Å². The highest BCUT2D eigenvalue weighted by Crippen LogP contribution is 1.94. The van der Waals surface area contributed by atoms with Crippen LogP contribution in [0.15, 0.2) is 0 Å². The van der Waals surface area contributed by atoms with E-state index in [1.54, 1.807) is 6.92 Å². The van der Waals surface area contributed by atoms with Crippen molar-refractivity contribution >= 4 is 0 Å². The molecule has 0 bridgehead atoms. The lowest BCUT2D eigenvalue weighted by Gasteiger charge is -2.16. The molecule has 0 rings (SSSR count). The normalized spacial score (nSPS) is 13.0. The minimum absolute atomic E-state index is 0.261. The Morgan fingerprint density at radius 2 is 2.27 bits per heavy atom. The summed E-state index contributed by atoms with van der Waals surface area (Å²) in [5.74, 6) is 0. The molecule has 0 saturated heterocycles. The number of hydrogen-bond acceptors (Lipinski definition) is 3. The van der Waals surface area contributed by atoms with Crippen LogP contribution in [0.5, 0.6) is 0 Å². The number of hydrogen-bond donors (Lipinski definition) is 1. The third-order valence-electron chi connectivity index (χ3n) is 1.60. The largest absolute Gasteiger partial charge is 0.393 e. The fourth-order valence-electron chi connectivity index (χ4n) is 0.818. The summed E-state index contributed by atoms with van der Waals surface area (Å²) in [5, 5.41) is 17.3. The van der Waals surface area contributed by atoms with Crippen molar-refractivity contribution in [3.05, 3.63) is 0 Å². The molecule has 0 aromatic heterocycles. The summed E-state index contributed by atoms with van der Waals surface area (Å²) in [7, 11) is 0. The lowest BCUT2D eigenvalue weighted by atomic mass is 10.2. The molecule has 0 spiro atoms. The van der Waals surface area contributed by atoms with Crippen LogP contribution in [0.3, 0.4) is 0 Å². The summed E-state index contributed by atoms with van der Waals surface area (Å²) in [6.45, 7) is 5.92. The molecule has 1 atom stereocenters. The van der Waals surface area contributed by atoms with Gasteiger partial charge in [-0.05, 0) is 19.9 Å². The van der Waals surface area contributed by atoms with Crippen molar-refractivity contribution in [2.75, 3.05) is 19.6 Å². The van der Waals surface area contributed by atoms with Gasteiger partial charge in [-0.2, -0.15) is 5.26 Å². The van der Waals surface area contributed by atoms with E-state index in [0.717, 1.165) is 19.5 Å². The quantitative estimate of drug-likeness (QED) is 0.593. The van der Waals surface area contributed by atoms with Crippen molar-refractivity contribution in [3.8, 4) is 6.07 Å². The highest BCUT2D eigenvalue weighted by molar-refractivity contribution is 4.75. The van der Waals surface area contributed by atoms with Crippen LogP contribution in [0, 0.1) is 11.3 Å². The van der Waals surface area contributed by atoms with Crippen LogP contribution < -0.4 is 0 Å². The first kappa shape index (κ1) is 10.4. The van der Waals surface area contributed by atoms with Gasteiger partial charge in [-0.3, -0.25) is 4.90 Å². The van der Waals surface area contributed by atoms with E-state index in [9.17, 15) is 0 Å². The summed E-state index contributed by atoms with van der Waals surface area (Å²) in [4.78, 5) is 2.01. The van der Waals surface area contributed by atoms with Crippen LogP contribution in [0.25, 0.3) is 0 Å². The Morgan fingerprint density at radius 1 is 1.64 bits per heavy atom. The van der Waals surface area contributed by atoms with E-state index in [0.29, 0.717) is 6.54 Å². The van der Waals surface area contributed by atoms with Gasteiger partial charge in [-0.1, -0.05) is 6.92 Å². The lowest BCUT2D eigenvalue weighted by molar-refractivity contribution is 0.162. The monoisotopic (exact) mass is 156 g/mol. The Morgan fingerprint density at radius 3 is 2.64 bits per heavy atom. The molecule has 0 aromatic carbocycles. The Labute approximate surface area is 68.2 Å². The average Bonchev–Trinajstić information content (AvgIpc) is 1.97. The number of nitrogens with zero attached hydrogens (tertiary/aromatic N) is 2. The minimum Gasteiger partial charge on any atom is -0.393 e. The van der Waals surface area contributed by atoms with Crippen molar-refractivity contribution in [1.82, 2.24) is 4.90 Å². The molecule has 0 aromatic rings. The van der Waals surface area contributed by atoms with E-state index < -0.39 is 0 Å². The second-order valence-corrected chi connectivity index (χ2v) is 2.66. The first-order valence-electron chi connectivity index (χ1n) is 3.98. The Bertz CT molecular complexity index is 129. The van der Waals surface area contributed by atoms with Crippen LogP contribution in [0.2, 0.25) is 0 Å². The topological polar surface area (TPSA) is 47.3 Å². The van der Waals surface area contributed by atoms with Crippen LogP contribution in [0.4, 0.5) is 0 Å². The van der Waals surface area contributed by atoms with E-state index >= 15 is 0 Å². The molecule has 0 aliphatic rings. The molecule has 0 heterocycles. The van der Waals surface area contributed by atoms with Crippen LogP contribution in [0.1, 0.15) is 20.3 Å². The second kappa shape index (κ2) is 6.14. The molecule has 1 unspecified atom stereocenters. The standard InChI is InChI=1S/C8H16N2O/c1-3-10(7-5-9)6-4-8(2)11/h8,11H,3-4,6-7H2,1-2H3. The van der Waals surface area contributed by atoms with Crippen molar-refractivity contribution < 1.29 is 5.11 Å². The highest BCUT2D eigenvalue weighted by atomic mass is 16.3. The van der Waals surface area contributed by atoms with Crippen molar-refractivity contribution in [3.63, 3.8) is 0 Å². The molecule has 1 N–H and O–H groups in total. The highest BCUT2D eigenvalue weighted by Gasteiger charge is 2.02. The SMILES string of the molecule is CCN(CC#N)CCC(C)O. The maximum absolute atomic E-state index is 8.96. The molecule has 0 radical (unpaired) electrons. The van der Waals surface area contributed by atoms with Gasteiger partial charge in [0.05, 0.1) is 18.7 Å². The number of aliphatic hydroxyl groups excluding tert-OH is 1. The van der Waals surface area contributed by atoms with Gasteiger partial charge in [0.25, 0.3) is 0 Å². The van der Waals surface area contributed by atoms with E-state index in [2.05, 4.69) is 6.07 Å². The van der Waals surface area contributed by atoms with Crippen molar-refractivity contribution in [1.29, 1.82) is 5.26 Å². The van der Waals surface area contributed by atoms with Crippen LogP contribution in [-0.4, -0.2) is 35.7 Å². The van der Waals surface area contributed by atoms with Crippen LogP contribution in [-0.2, 0) is 0 Å². The zero-order chi connectivity index (χ0) is 8.69. The second-order valence-electron chi connectivity index (χ2n) is 2.66. The fraction of sp³-hybridized carbons (Fsp3) is 0.875. The molecular weight excluding hydrogens is 140 g/mol. The van der Waals surface area contributed by atoms with Gasteiger partial charge >= 0.3 is 0 Å². The maximum Gasteiger partial charge on any atom is 0.0865 e. The third kappa shape index (κ3) is 5.84. The van der Waals surface area contributed by atoms with Gasteiger partial charge in [0.1, 0.15) is 0 Å². The van der Waals surface area contributed by atoms with E-state index in [1.807, 2.05) is 11.8 Å². The molecule has 0 fully saturated rings. The summed E-state index contributed by atoms with van der Waals surface area (Å²) in [5.41, 5.74) is 0. The fourth-order valence-corrected chi connectivity index (χ4v) is 0.818. The minimum atomic E-state index is -0.261. The summed E-state index contributed by atoms with van der Waals surface area (Å²) in [6.07, 6.45) is 0.484.